The lowest BCUT2D eigenvalue weighted by molar-refractivity contribution is 0.227. The predicted molar refractivity (Wildman–Crippen MR) is 132 cm³/mol. The maximum absolute atomic E-state index is 9.23. The van der Waals surface area contributed by atoms with Crippen molar-refractivity contribution in [1.82, 2.24) is 15.3 Å². The second-order valence-corrected chi connectivity index (χ2v) is 11.2. The highest BCUT2D eigenvalue weighted by Gasteiger charge is 2.37. The molecule has 2 N–H and O–H groups in total. The van der Waals surface area contributed by atoms with E-state index in [0.29, 0.717) is 12.0 Å². The van der Waals surface area contributed by atoms with E-state index in [2.05, 4.69) is 68.0 Å². The second kappa shape index (κ2) is 9.11. The van der Waals surface area contributed by atoms with Gasteiger partial charge in [0.05, 0.1) is 0 Å². The molecule has 1 saturated heterocycles. The molecular formula is C27H40N4O. The fourth-order valence-electron chi connectivity index (χ4n) is 5.14. The Morgan fingerprint density at radius 1 is 1.06 bits per heavy atom. The zero-order valence-corrected chi connectivity index (χ0v) is 20.5. The van der Waals surface area contributed by atoms with Gasteiger partial charge >= 0.3 is 0 Å². The van der Waals surface area contributed by atoms with Crippen LogP contribution in [0.3, 0.4) is 0 Å². The molecule has 0 radical (unpaired) electrons. The van der Waals surface area contributed by atoms with E-state index >= 15 is 0 Å². The molecule has 1 aliphatic heterocycles. The van der Waals surface area contributed by atoms with Crippen LogP contribution in [0.1, 0.15) is 71.4 Å². The number of fused-ring (bicyclic) bond motifs is 1. The molecule has 1 aliphatic carbocycles. The van der Waals surface area contributed by atoms with Crippen LogP contribution in [-0.4, -0.2) is 47.4 Å². The molecule has 0 bridgehead atoms. The molecule has 174 valence electrons. The van der Waals surface area contributed by atoms with Crippen molar-refractivity contribution in [1.29, 1.82) is 0 Å². The minimum Gasteiger partial charge on any atom is -0.396 e. The summed E-state index contributed by atoms with van der Waals surface area (Å²) < 4.78 is 0. The molecule has 2 aromatic rings. The van der Waals surface area contributed by atoms with Crippen LogP contribution in [-0.2, 0) is 10.8 Å². The number of piperidine rings is 1. The van der Waals surface area contributed by atoms with Gasteiger partial charge in [-0.15, -0.1) is 0 Å². The molecule has 1 unspecified atom stereocenters. The number of hydrogen-bond acceptors (Lipinski definition) is 5. The second-order valence-electron chi connectivity index (χ2n) is 11.2. The number of aliphatic hydroxyl groups is 1. The van der Waals surface area contributed by atoms with Gasteiger partial charge in [0.15, 0.2) is 5.82 Å². The first-order valence-electron chi connectivity index (χ1n) is 12.3. The highest BCUT2D eigenvalue weighted by molar-refractivity contribution is 5.61. The Morgan fingerprint density at radius 2 is 1.75 bits per heavy atom. The van der Waals surface area contributed by atoms with Crippen molar-refractivity contribution in [3.05, 3.63) is 41.6 Å². The van der Waals surface area contributed by atoms with E-state index in [1.165, 1.54) is 24.0 Å². The van der Waals surface area contributed by atoms with Crippen molar-refractivity contribution in [2.75, 3.05) is 31.1 Å². The average Bonchev–Trinajstić information content (AvgIpc) is 2.81. The molecule has 1 atom stereocenters. The lowest BCUT2D eigenvalue weighted by Gasteiger charge is -2.42. The van der Waals surface area contributed by atoms with Gasteiger partial charge in [0.1, 0.15) is 5.82 Å². The molecular weight excluding hydrogens is 396 g/mol. The minimum atomic E-state index is 0.181. The lowest BCUT2D eigenvalue weighted by Crippen LogP contribution is -2.44. The third kappa shape index (κ3) is 4.84. The van der Waals surface area contributed by atoms with E-state index in [0.717, 1.165) is 49.7 Å². The average molecular weight is 437 g/mol. The third-order valence-corrected chi connectivity index (χ3v) is 7.64. The number of anilines is 1. The quantitative estimate of drug-likeness (QED) is 0.688. The monoisotopic (exact) mass is 436 g/mol. The molecule has 5 nitrogen and oxygen atoms in total. The highest BCUT2D eigenvalue weighted by atomic mass is 16.3. The molecule has 0 amide bonds. The van der Waals surface area contributed by atoms with Crippen LogP contribution in [0.15, 0.2) is 30.5 Å². The first-order valence-corrected chi connectivity index (χ1v) is 12.3. The summed E-state index contributed by atoms with van der Waals surface area (Å²) in [7, 11) is 0. The van der Waals surface area contributed by atoms with Crippen LogP contribution in [0.2, 0.25) is 0 Å². The van der Waals surface area contributed by atoms with Gasteiger partial charge in [-0.1, -0.05) is 46.8 Å². The van der Waals surface area contributed by atoms with Crippen LogP contribution in [0, 0.1) is 5.92 Å². The van der Waals surface area contributed by atoms with Crippen molar-refractivity contribution in [3.8, 4) is 11.4 Å². The largest absolute Gasteiger partial charge is 0.396 e. The maximum atomic E-state index is 9.23. The van der Waals surface area contributed by atoms with Gasteiger partial charge in [-0.3, -0.25) is 0 Å². The maximum Gasteiger partial charge on any atom is 0.161 e. The van der Waals surface area contributed by atoms with E-state index in [1.807, 2.05) is 12.3 Å². The first kappa shape index (κ1) is 23.2. The fraction of sp³-hybridized carbons (Fsp3) is 0.630. The number of nitrogens with zero attached hydrogens (tertiary/aromatic N) is 3. The topological polar surface area (TPSA) is 61.3 Å². The molecule has 1 aromatic heterocycles. The Labute approximate surface area is 193 Å². The fourth-order valence-corrected chi connectivity index (χ4v) is 5.14. The SMILES string of the molecule is CC(CO)CNC1CCN(c2ccnc(-c3ccc4c(c3)C(C)(C)CCC4(C)C)n2)CC1. The van der Waals surface area contributed by atoms with Crippen LogP contribution >= 0.6 is 0 Å². The summed E-state index contributed by atoms with van der Waals surface area (Å²) >= 11 is 0. The van der Waals surface area contributed by atoms with Crippen molar-refractivity contribution in [2.45, 2.75) is 77.2 Å². The Bertz CT molecular complexity index is 931. The number of aliphatic hydroxyl groups excluding tert-OH is 1. The van der Waals surface area contributed by atoms with Crippen LogP contribution in [0.25, 0.3) is 11.4 Å². The standard InChI is InChI=1S/C27H40N4O/c1-19(18-32)17-29-21-9-14-31(15-10-21)24-8-13-28-25(30-24)20-6-7-22-23(16-20)27(4,5)12-11-26(22,2)3/h6-8,13,16,19,21,29,32H,9-12,14-15,17-18H2,1-5H3. The van der Waals surface area contributed by atoms with Crippen molar-refractivity contribution in [2.24, 2.45) is 5.92 Å². The Hall–Kier alpha value is -1.98. The predicted octanol–water partition coefficient (Wildman–Crippen LogP) is 4.68. The number of benzene rings is 1. The molecule has 4 rings (SSSR count). The van der Waals surface area contributed by atoms with Gasteiger partial charge in [-0.25, -0.2) is 9.97 Å². The summed E-state index contributed by atoms with van der Waals surface area (Å²) in [4.78, 5) is 12.0. The van der Waals surface area contributed by atoms with Gasteiger partial charge in [-0.05, 0) is 65.7 Å². The van der Waals surface area contributed by atoms with E-state index in [9.17, 15) is 5.11 Å². The Kier molecular flexibility index (Phi) is 6.60. The zero-order valence-electron chi connectivity index (χ0n) is 20.5. The summed E-state index contributed by atoms with van der Waals surface area (Å²) in [6.45, 7) is 14.6. The van der Waals surface area contributed by atoms with E-state index in [-0.39, 0.29) is 17.4 Å². The van der Waals surface area contributed by atoms with Crippen LogP contribution in [0.4, 0.5) is 5.82 Å². The summed E-state index contributed by atoms with van der Waals surface area (Å²) in [5.41, 5.74) is 4.44. The number of hydrogen-bond donors (Lipinski definition) is 2. The summed E-state index contributed by atoms with van der Waals surface area (Å²) in [5.74, 6) is 2.15. The first-order chi connectivity index (χ1) is 15.2. The Morgan fingerprint density at radius 3 is 2.44 bits per heavy atom. The number of rotatable bonds is 6. The molecule has 1 fully saturated rings. The van der Waals surface area contributed by atoms with E-state index < -0.39 is 0 Å². The summed E-state index contributed by atoms with van der Waals surface area (Å²) in [6, 6.07) is 9.42. The number of nitrogens with one attached hydrogen (secondary N) is 1. The smallest absolute Gasteiger partial charge is 0.161 e. The molecule has 2 heterocycles. The van der Waals surface area contributed by atoms with E-state index in [1.54, 1.807) is 0 Å². The van der Waals surface area contributed by atoms with Crippen molar-refractivity contribution < 1.29 is 5.11 Å². The normalized spacial score (nSPS) is 21.2. The van der Waals surface area contributed by atoms with Gasteiger partial charge in [-0.2, -0.15) is 0 Å². The van der Waals surface area contributed by atoms with Crippen molar-refractivity contribution in [3.63, 3.8) is 0 Å². The summed E-state index contributed by atoms with van der Waals surface area (Å²) in [5, 5.41) is 12.8. The lowest BCUT2D eigenvalue weighted by atomic mass is 9.63. The van der Waals surface area contributed by atoms with Gasteiger partial charge in [0, 0.05) is 44.0 Å². The molecule has 0 spiro atoms. The third-order valence-electron chi connectivity index (χ3n) is 7.64. The molecule has 5 heteroatoms. The van der Waals surface area contributed by atoms with Crippen molar-refractivity contribution >= 4 is 5.82 Å². The Balaban J connectivity index is 1.50. The van der Waals surface area contributed by atoms with Crippen LogP contribution < -0.4 is 10.2 Å². The molecule has 2 aliphatic rings. The highest BCUT2D eigenvalue weighted by Crippen LogP contribution is 2.46. The van der Waals surface area contributed by atoms with Gasteiger partial charge in [0.25, 0.3) is 0 Å². The molecule has 1 aromatic carbocycles. The zero-order chi connectivity index (χ0) is 22.9. The van der Waals surface area contributed by atoms with Crippen LogP contribution in [0.5, 0.6) is 0 Å². The number of aromatic nitrogens is 2. The summed E-state index contributed by atoms with van der Waals surface area (Å²) in [6.07, 6.45) is 6.53. The molecule has 0 saturated carbocycles. The molecule has 32 heavy (non-hydrogen) atoms. The van der Waals surface area contributed by atoms with Gasteiger partial charge < -0.3 is 15.3 Å². The van der Waals surface area contributed by atoms with E-state index in [4.69, 9.17) is 4.98 Å². The minimum absolute atomic E-state index is 0.181. The van der Waals surface area contributed by atoms with Gasteiger partial charge in [0.2, 0.25) is 0 Å².